The fourth-order valence-electron chi connectivity index (χ4n) is 0.268. The van der Waals surface area contributed by atoms with Crippen molar-refractivity contribution in [1.82, 2.24) is 0 Å². The Kier molecular flexibility index (Phi) is 60.5. The van der Waals surface area contributed by atoms with Crippen molar-refractivity contribution in [1.29, 1.82) is 0 Å². The second-order valence-corrected chi connectivity index (χ2v) is 2.43. The molecule has 0 amide bonds. The molecule has 0 aromatic carbocycles. The Morgan fingerprint density at radius 1 is 1.27 bits per heavy atom. The van der Waals surface area contributed by atoms with Crippen LogP contribution in [0.3, 0.4) is 0 Å². The van der Waals surface area contributed by atoms with Gasteiger partial charge in [-0.05, 0) is 6.42 Å². The van der Waals surface area contributed by atoms with Crippen LogP contribution in [-0.2, 0) is 11.1 Å². The number of rotatable bonds is 3. The van der Waals surface area contributed by atoms with Crippen LogP contribution in [-0.4, -0.2) is 60.5 Å². The van der Waals surface area contributed by atoms with Crippen molar-refractivity contribution in [3.05, 3.63) is 0 Å². The summed E-state index contributed by atoms with van der Waals surface area (Å²) in [4.78, 5) is 0. The Bertz CT molecular complexity index is 71.5. The third-order valence-electron chi connectivity index (χ3n) is 0.673. The van der Waals surface area contributed by atoms with E-state index >= 15 is 0 Å². The Hall–Kier alpha value is 0.990. The smallest absolute Gasteiger partial charge is 0.152 e. The van der Waals surface area contributed by atoms with Crippen molar-refractivity contribution in [2.45, 2.75) is 19.8 Å². The van der Waals surface area contributed by atoms with E-state index in [4.69, 9.17) is 4.55 Å². The van der Waals surface area contributed by atoms with Gasteiger partial charge in [0.25, 0.3) is 0 Å². The molecule has 0 aliphatic heterocycles. The number of hydrogen-bond donors (Lipinski definition) is 1. The van der Waals surface area contributed by atoms with Crippen LogP contribution in [0.5, 0.6) is 0 Å². The Balaban J connectivity index is -0.0000000300. The van der Waals surface area contributed by atoms with E-state index in [-0.39, 0.29) is 46.0 Å². The van der Waals surface area contributed by atoms with Gasteiger partial charge < -0.3 is 21.0 Å². The fourth-order valence-corrected chi connectivity index (χ4v) is 0.803. The van der Waals surface area contributed by atoms with Crippen LogP contribution in [0.15, 0.2) is 0 Å². The number of hydrogen-bond acceptors (Lipinski definition) is 1. The molecule has 0 heterocycles. The van der Waals surface area contributed by atoms with Crippen molar-refractivity contribution in [3.8, 4) is 0 Å². The quantitative estimate of drug-likeness (QED) is 0.422. The maximum absolute atomic E-state index is 9.87. The van der Waals surface area contributed by atoms with Gasteiger partial charge in [0.15, 0.2) is 11.1 Å². The van der Waals surface area contributed by atoms with Crippen LogP contribution in [0.25, 0.3) is 0 Å². The molecule has 0 saturated heterocycles. The van der Waals surface area contributed by atoms with Gasteiger partial charge in [-0.1, -0.05) is 13.3 Å². The fraction of sp³-hybridized carbons (Fsp3) is 1.00. The monoisotopic (exact) mass is 199 g/mol. The summed E-state index contributed by atoms with van der Waals surface area (Å²) in [7, 11) is 0. The first-order chi connectivity index (χ1) is 3.27. The van der Waals surface area contributed by atoms with Crippen molar-refractivity contribution >= 4 is 40.6 Å². The van der Waals surface area contributed by atoms with Gasteiger partial charge in [0.05, 0.1) is 0 Å². The molecule has 0 aromatic rings. The summed E-state index contributed by atoms with van der Waals surface area (Å²) in [5.74, 6) is 0.427. The molecule has 0 saturated carbocycles. The minimum atomic E-state index is -1.57. The van der Waals surface area contributed by atoms with Gasteiger partial charge in [-0.15, -0.1) is 0 Å². The molecule has 1 radical (unpaired) electrons. The molecule has 5 nitrogen and oxygen atoms in total. The molecule has 0 bridgehead atoms. The second kappa shape index (κ2) is 22.4. The third-order valence-corrected chi connectivity index (χ3v) is 1.31. The SMILES string of the molecule is CCCCS(=O)O.O.O.O.[Na]. The van der Waals surface area contributed by atoms with Crippen molar-refractivity contribution in [3.63, 3.8) is 0 Å². The summed E-state index contributed by atoms with van der Waals surface area (Å²) >= 11 is -1.57. The second-order valence-electron chi connectivity index (χ2n) is 1.38. The van der Waals surface area contributed by atoms with E-state index in [1.165, 1.54) is 0 Å². The molecule has 0 fully saturated rings. The standard InChI is InChI=1S/C4H10O2S.Na.3H2O/c1-2-3-4-7(5)6;;;;/h2-4H2,1H3,(H,5,6);;3*1H2. The Morgan fingerprint density at radius 2 is 1.64 bits per heavy atom. The van der Waals surface area contributed by atoms with Crippen molar-refractivity contribution < 1.29 is 25.2 Å². The van der Waals surface area contributed by atoms with Gasteiger partial charge in [-0.2, -0.15) is 0 Å². The predicted molar refractivity (Wildman–Crippen MR) is 47.1 cm³/mol. The van der Waals surface area contributed by atoms with Gasteiger partial charge in [-0.25, -0.2) is 4.21 Å². The average molecular weight is 199 g/mol. The van der Waals surface area contributed by atoms with Gasteiger partial charge in [0.2, 0.25) is 0 Å². The molecule has 0 aromatic heterocycles. The maximum atomic E-state index is 9.87. The first kappa shape index (κ1) is 29.6. The van der Waals surface area contributed by atoms with Crippen molar-refractivity contribution in [2.75, 3.05) is 5.75 Å². The molecule has 7 heteroatoms. The molecule has 0 rings (SSSR count). The first-order valence-corrected chi connectivity index (χ1v) is 3.62. The normalized spacial score (nSPS) is 8.91. The zero-order valence-electron chi connectivity index (χ0n) is 6.89. The van der Waals surface area contributed by atoms with Crippen LogP contribution in [0.4, 0.5) is 0 Å². The third kappa shape index (κ3) is 35.7. The Labute approximate surface area is 91.1 Å². The van der Waals surface area contributed by atoms with Crippen molar-refractivity contribution in [2.24, 2.45) is 0 Å². The first-order valence-electron chi connectivity index (χ1n) is 2.35. The molecular weight excluding hydrogens is 183 g/mol. The zero-order valence-corrected chi connectivity index (χ0v) is 9.70. The van der Waals surface area contributed by atoms with Crippen LogP contribution in [0.2, 0.25) is 0 Å². The minimum Gasteiger partial charge on any atom is -0.412 e. The van der Waals surface area contributed by atoms with Gasteiger partial charge in [0.1, 0.15) is 0 Å². The zero-order chi connectivity index (χ0) is 5.70. The van der Waals surface area contributed by atoms with E-state index in [2.05, 4.69) is 0 Å². The minimum absolute atomic E-state index is 0. The summed E-state index contributed by atoms with van der Waals surface area (Å²) in [5.41, 5.74) is 0. The number of unbranched alkanes of at least 4 members (excludes halogenated alkanes) is 1. The molecule has 1 unspecified atom stereocenters. The van der Waals surface area contributed by atoms with Crippen LogP contribution < -0.4 is 0 Å². The largest absolute Gasteiger partial charge is 0.412 e. The molecule has 0 spiro atoms. The van der Waals surface area contributed by atoms with Gasteiger partial charge in [0, 0.05) is 35.3 Å². The molecule has 1 atom stereocenters. The van der Waals surface area contributed by atoms with E-state index < -0.39 is 11.1 Å². The summed E-state index contributed by atoms with van der Waals surface area (Å²) in [5, 5.41) is 0. The van der Waals surface area contributed by atoms with Gasteiger partial charge >= 0.3 is 0 Å². The molecule has 0 aliphatic carbocycles. The molecule has 7 N–H and O–H groups in total. The maximum Gasteiger partial charge on any atom is 0.152 e. The van der Waals surface area contributed by atoms with E-state index in [1.54, 1.807) is 0 Å². The van der Waals surface area contributed by atoms with E-state index in [0.717, 1.165) is 12.8 Å². The van der Waals surface area contributed by atoms with E-state index in [0.29, 0.717) is 5.75 Å². The Morgan fingerprint density at radius 3 is 1.73 bits per heavy atom. The summed E-state index contributed by atoms with van der Waals surface area (Å²) < 4.78 is 18.0. The van der Waals surface area contributed by atoms with Gasteiger partial charge in [-0.3, -0.25) is 0 Å². The summed E-state index contributed by atoms with van der Waals surface area (Å²) in [6.07, 6.45) is 1.84. The summed E-state index contributed by atoms with van der Waals surface area (Å²) in [6, 6.07) is 0. The molecule has 69 valence electrons. The average Bonchev–Trinajstić information content (AvgIpc) is 1.61. The topological polar surface area (TPSA) is 132 Å². The summed E-state index contributed by atoms with van der Waals surface area (Å²) in [6.45, 7) is 1.99. The van der Waals surface area contributed by atoms with E-state index in [9.17, 15) is 4.21 Å². The van der Waals surface area contributed by atoms with Crippen LogP contribution in [0.1, 0.15) is 19.8 Å². The van der Waals surface area contributed by atoms with Crippen LogP contribution in [0, 0.1) is 0 Å². The van der Waals surface area contributed by atoms with E-state index in [1.807, 2.05) is 6.92 Å². The predicted octanol–water partition coefficient (Wildman–Crippen LogP) is -1.85. The molecular formula is C4H16NaO5S. The van der Waals surface area contributed by atoms with Crippen LogP contribution >= 0.6 is 0 Å². The molecule has 11 heavy (non-hydrogen) atoms. The molecule has 0 aliphatic rings.